The topological polar surface area (TPSA) is 84.5 Å². The Morgan fingerprint density at radius 3 is 2.29 bits per heavy atom. The average molecular weight is 445 g/mol. The van der Waals surface area contributed by atoms with Gasteiger partial charge in [0.25, 0.3) is 0 Å². The number of halogens is 2. The minimum atomic E-state index is -3.88. The molecule has 0 unspecified atom stereocenters. The number of amides is 1. The fourth-order valence-corrected chi connectivity index (χ4v) is 4.26. The third kappa shape index (κ3) is 5.85. The predicted octanol–water partition coefficient (Wildman–Crippen LogP) is 3.62. The number of carbonyl (C=O) groups is 1. The van der Waals surface area contributed by atoms with E-state index in [4.69, 9.17) is 27.9 Å². The number of hydrogen-bond donors (Lipinski definition) is 2. The van der Waals surface area contributed by atoms with Crippen molar-refractivity contribution < 1.29 is 17.9 Å². The molecule has 2 aromatic carbocycles. The first-order chi connectivity index (χ1) is 13.1. The van der Waals surface area contributed by atoms with Gasteiger partial charge in [0.1, 0.15) is 11.8 Å². The monoisotopic (exact) mass is 444 g/mol. The van der Waals surface area contributed by atoms with Gasteiger partial charge in [-0.25, -0.2) is 8.42 Å². The number of sulfonamides is 1. The third-order valence-electron chi connectivity index (χ3n) is 4.07. The maximum absolute atomic E-state index is 12.6. The summed E-state index contributed by atoms with van der Waals surface area (Å²) in [6.45, 7) is 3.68. The van der Waals surface area contributed by atoms with Crippen LogP contribution in [0.1, 0.15) is 19.4 Å². The van der Waals surface area contributed by atoms with Gasteiger partial charge in [0, 0.05) is 16.6 Å². The number of carbonyl (C=O) groups excluding carboxylic acids is 1. The standard InChI is InChI=1S/C19H22Cl2N2O4S/c1-12(2)18(19(24)22-11-13-4-5-14(20)10-17(13)21)23-28(25,26)16-8-6-15(27-3)7-9-16/h4-10,12,18,23H,11H2,1-3H3,(H,22,24)/t18-/m0/s1. The highest BCUT2D eigenvalue weighted by atomic mass is 35.5. The number of benzene rings is 2. The Labute approximate surface area is 175 Å². The molecule has 0 aromatic heterocycles. The van der Waals surface area contributed by atoms with Crippen LogP contribution in [0.4, 0.5) is 0 Å². The molecular weight excluding hydrogens is 423 g/mol. The molecular formula is C19H22Cl2N2O4S. The van der Waals surface area contributed by atoms with Crippen LogP contribution in [0.15, 0.2) is 47.4 Å². The van der Waals surface area contributed by atoms with Crippen molar-refractivity contribution in [1.82, 2.24) is 10.0 Å². The van der Waals surface area contributed by atoms with Gasteiger partial charge in [-0.15, -0.1) is 0 Å². The third-order valence-corrected chi connectivity index (χ3v) is 6.11. The summed E-state index contributed by atoms with van der Waals surface area (Å²) in [7, 11) is -2.39. The fraction of sp³-hybridized carbons (Fsp3) is 0.316. The number of ether oxygens (including phenoxy) is 1. The van der Waals surface area contributed by atoms with Gasteiger partial charge in [-0.3, -0.25) is 4.79 Å². The Morgan fingerprint density at radius 1 is 1.11 bits per heavy atom. The largest absolute Gasteiger partial charge is 0.497 e. The summed E-state index contributed by atoms with van der Waals surface area (Å²) in [4.78, 5) is 12.7. The number of methoxy groups -OCH3 is 1. The zero-order valence-electron chi connectivity index (χ0n) is 15.7. The number of nitrogens with one attached hydrogen (secondary N) is 2. The molecule has 0 aliphatic rings. The van der Waals surface area contributed by atoms with E-state index in [1.54, 1.807) is 44.2 Å². The summed E-state index contributed by atoms with van der Waals surface area (Å²) in [5.74, 6) is -0.177. The summed E-state index contributed by atoms with van der Waals surface area (Å²) in [6, 6.07) is 9.93. The summed E-state index contributed by atoms with van der Waals surface area (Å²) < 4.78 is 32.8. The van der Waals surface area contributed by atoms with Crippen molar-refractivity contribution in [2.75, 3.05) is 7.11 Å². The highest BCUT2D eigenvalue weighted by molar-refractivity contribution is 7.89. The molecule has 0 saturated heterocycles. The Kier molecular flexibility index (Phi) is 7.71. The van der Waals surface area contributed by atoms with E-state index < -0.39 is 22.0 Å². The lowest BCUT2D eigenvalue weighted by Crippen LogP contribution is -2.49. The van der Waals surface area contributed by atoms with Crippen molar-refractivity contribution >= 4 is 39.1 Å². The minimum absolute atomic E-state index is 0.0486. The normalized spacial score (nSPS) is 12.6. The van der Waals surface area contributed by atoms with Crippen LogP contribution in [0.2, 0.25) is 10.0 Å². The van der Waals surface area contributed by atoms with Crippen molar-refractivity contribution in [3.05, 3.63) is 58.1 Å². The van der Waals surface area contributed by atoms with Crippen LogP contribution in [0.25, 0.3) is 0 Å². The molecule has 6 nitrogen and oxygen atoms in total. The molecule has 0 fully saturated rings. The number of hydrogen-bond acceptors (Lipinski definition) is 4. The van der Waals surface area contributed by atoms with Crippen molar-refractivity contribution in [2.24, 2.45) is 5.92 Å². The van der Waals surface area contributed by atoms with Gasteiger partial charge >= 0.3 is 0 Å². The van der Waals surface area contributed by atoms with Crippen molar-refractivity contribution in [1.29, 1.82) is 0 Å². The van der Waals surface area contributed by atoms with Crippen molar-refractivity contribution in [3.8, 4) is 5.75 Å². The lowest BCUT2D eigenvalue weighted by molar-refractivity contribution is -0.123. The first-order valence-corrected chi connectivity index (χ1v) is 10.8. The molecule has 0 radical (unpaired) electrons. The quantitative estimate of drug-likeness (QED) is 0.650. The van der Waals surface area contributed by atoms with Crippen LogP contribution >= 0.6 is 23.2 Å². The highest BCUT2D eigenvalue weighted by Gasteiger charge is 2.28. The van der Waals surface area contributed by atoms with Gasteiger partial charge in [-0.05, 0) is 47.9 Å². The predicted molar refractivity (Wildman–Crippen MR) is 110 cm³/mol. The van der Waals surface area contributed by atoms with Crippen molar-refractivity contribution in [3.63, 3.8) is 0 Å². The molecule has 28 heavy (non-hydrogen) atoms. The first-order valence-electron chi connectivity index (χ1n) is 8.52. The van der Waals surface area contributed by atoms with E-state index in [1.807, 2.05) is 0 Å². The maximum Gasteiger partial charge on any atom is 0.241 e. The Morgan fingerprint density at radius 2 is 1.75 bits per heavy atom. The van der Waals surface area contributed by atoms with Gasteiger partial charge in [-0.2, -0.15) is 4.72 Å². The van der Waals surface area contributed by atoms with Crippen LogP contribution < -0.4 is 14.8 Å². The summed E-state index contributed by atoms with van der Waals surface area (Å²) in [5, 5.41) is 3.64. The fourth-order valence-electron chi connectivity index (χ4n) is 2.44. The summed E-state index contributed by atoms with van der Waals surface area (Å²) >= 11 is 12.0. The molecule has 0 bridgehead atoms. The second-order valence-corrected chi connectivity index (χ2v) is 9.03. The lowest BCUT2D eigenvalue weighted by Gasteiger charge is -2.22. The molecule has 0 aliphatic carbocycles. The molecule has 0 aliphatic heterocycles. The molecule has 1 amide bonds. The van der Waals surface area contributed by atoms with Crippen LogP contribution in [-0.2, 0) is 21.4 Å². The SMILES string of the molecule is COc1ccc(S(=O)(=O)N[C@H](C(=O)NCc2ccc(Cl)cc2Cl)C(C)C)cc1. The van der Waals surface area contributed by atoms with Gasteiger partial charge in [0.05, 0.1) is 12.0 Å². The van der Waals surface area contributed by atoms with E-state index in [-0.39, 0.29) is 17.4 Å². The van der Waals surface area contributed by atoms with E-state index >= 15 is 0 Å². The Balaban J connectivity index is 2.11. The molecule has 2 N–H and O–H groups in total. The molecule has 2 rings (SSSR count). The van der Waals surface area contributed by atoms with E-state index in [1.165, 1.54) is 19.2 Å². The van der Waals surface area contributed by atoms with Gasteiger partial charge in [0.15, 0.2) is 0 Å². The Bertz CT molecular complexity index is 931. The molecule has 2 aromatic rings. The van der Waals surface area contributed by atoms with Gasteiger partial charge < -0.3 is 10.1 Å². The second-order valence-electron chi connectivity index (χ2n) is 6.47. The highest BCUT2D eigenvalue weighted by Crippen LogP contribution is 2.21. The van der Waals surface area contributed by atoms with Gasteiger partial charge in [-0.1, -0.05) is 43.1 Å². The summed E-state index contributed by atoms with van der Waals surface area (Å²) in [5.41, 5.74) is 0.680. The van der Waals surface area contributed by atoms with E-state index in [9.17, 15) is 13.2 Å². The molecule has 0 spiro atoms. The summed E-state index contributed by atoms with van der Waals surface area (Å²) in [6.07, 6.45) is 0. The zero-order valence-corrected chi connectivity index (χ0v) is 18.0. The second kappa shape index (κ2) is 9.60. The van der Waals surface area contributed by atoms with Crippen LogP contribution in [0, 0.1) is 5.92 Å². The molecule has 0 heterocycles. The maximum atomic E-state index is 12.6. The van der Waals surface area contributed by atoms with E-state index in [2.05, 4.69) is 10.0 Å². The minimum Gasteiger partial charge on any atom is -0.497 e. The molecule has 0 saturated carbocycles. The van der Waals surface area contributed by atoms with E-state index in [0.29, 0.717) is 21.4 Å². The van der Waals surface area contributed by atoms with Crippen LogP contribution in [0.5, 0.6) is 5.75 Å². The van der Waals surface area contributed by atoms with Crippen LogP contribution in [0.3, 0.4) is 0 Å². The Hall–Kier alpha value is -1.80. The van der Waals surface area contributed by atoms with E-state index in [0.717, 1.165) is 0 Å². The zero-order chi connectivity index (χ0) is 20.9. The number of rotatable bonds is 8. The molecule has 9 heteroatoms. The molecule has 152 valence electrons. The van der Waals surface area contributed by atoms with Crippen molar-refractivity contribution in [2.45, 2.75) is 31.3 Å². The molecule has 1 atom stereocenters. The van der Waals surface area contributed by atoms with Gasteiger partial charge in [0.2, 0.25) is 15.9 Å². The smallest absolute Gasteiger partial charge is 0.241 e. The first kappa shape index (κ1) is 22.5. The average Bonchev–Trinajstić information content (AvgIpc) is 2.65. The lowest BCUT2D eigenvalue weighted by atomic mass is 10.0. The van der Waals surface area contributed by atoms with Crippen LogP contribution in [-0.4, -0.2) is 27.5 Å².